The van der Waals surface area contributed by atoms with Gasteiger partial charge in [0.15, 0.2) is 0 Å². The van der Waals surface area contributed by atoms with Crippen LogP contribution in [-0.4, -0.2) is 22.7 Å². The molecule has 0 saturated carbocycles. The van der Waals surface area contributed by atoms with Gasteiger partial charge in [-0.15, -0.1) is 0 Å². The molecule has 2 heterocycles. The maximum Gasteiger partial charge on any atom is 0.278 e. The minimum Gasteiger partial charge on any atom is -0.273 e. The second-order valence-corrected chi connectivity index (χ2v) is 6.22. The lowest BCUT2D eigenvalue weighted by molar-refractivity contribution is -0.148. The van der Waals surface area contributed by atoms with Gasteiger partial charge in [-0.05, 0) is 30.0 Å². The Kier molecular flexibility index (Phi) is 2.84. The normalized spacial score (nSPS) is 17.8. The van der Waals surface area contributed by atoms with E-state index in [2.05, 4.69) is 15.9 Å². The molecule has 0 N–H and O–H groups in total. The Hall–Kier alpha value is -2.21. The average Bonchev–Trinajstić information content (AvgIpc) is 2.78. The Morgan fingerprint density at radius 2 is 1.64 bits per heavy atom. The summed E-state index contributed by atoms with van der Waals surface area (Å²) < 4.78 is 0.874. The number of carbonyl (C=O) groups is 3. The van der Waals surface area contributed by atoms with Crippen molar-refractivity contribution in [2.45, 2.75) is 19.3 Å². The van der Waals surface area contributed by atoms with Crippen LogP contribution in [0.15, 0.2) is 34.8 Å². The number of hydrogen-bond acceptors (Lipinski definition) is 3. The number of halogens is 1. The third-order valence-electron chi connectivity index (χ3n) is 4.07. The van der Waals surface area contributed by atoms with Crippen LogP contribution < -0.4 is 5.01 Å². The number of piperidine rings is 1. The Labute approximate surface area is 134 Å². The summed E-state index contributed by atoms with van der Waals surface area (Å²) >= 11 is 3.48. The number of imide groups is 1. The van der Waals surface area contributed by atoms with E-state index in [1.165, 1.54) is 5.01 Å². The lowest BCUT2D eigenvalue weighted by Gasteiger charge is -2.32. The molecular formula is C16H11BrN2O3. The minimum absolute atomic E-state index is 0.283. The first-order chi connectivity index (χ1) is 10.6. The maximum atomic E-state index is 12.7. The van der Waals surface area contributed by atoms with Crippen molar-refractivity contribution in [2.24, 2.45) is 0 Å². The molecular weight excluding hydrogens is 348 g/mol. The van der Waals surface area contributed by atoms with Gasteiger partial charge in [-0.2, -0.15) is 5.01 Å². The van der Waals surface area contributed by atoms with Gasteiger partial charge in [0.05, 0.1) is 11.3 Å². The number of anilines is 1. The molecule has 0 aliphatic carbocycles. The van der Waals surface area contributed by atoms with E-state index < -0.39 is 0 Å². The number of carbonyl (C=O) groups excluding carboxylic acids is 3. The summed E-state index contributed by atoms with van der Waals surface area (Å²) in [6.45, 7) is 0. The van der Waals surface area contributed by atoms with E-state index in [-0.39, 0.29) is 30.6 Å². The van der Waals surface area contributed by atoms with Crippen LogP contribution in [-0.2, 0) is 9.59 Å². The number of amides is 3. The van der Waals surface area contributed by atoms with Gasteiger partial charge in [-0.25, -0.2) is 5.01 Å². The van der Waals surface area contributed by atoms with Crippen LogP contribution in [0, 0.1) is 0 Å². The van der Waals surface area contributed by atoms with E-state index in [1.807, 2.05) is 18.2 Å². The zero-order valence-corrected chi connectivity index (χ0v) is 13.1. The Bertz CT molecular complexity index is 846. The van der Waals surface area contributed by atoms with E-state index in [9.17, 15) is 14.4 Å². The largest absolute Gasteiger partial charge is 0.278 e. The quantitative estimate of drug-likeness (QED) is 0.736. The highest BCUT2D eigenvalue weighted by Crippen LogP contribution is 2.41. The van der Waals surface area contributed by atoms with E-state index in [0.717, 1.165) is 20.3 Å². The molecule has 2 aliphatic rings. The molecule has 22 heavy (non-hydrogen) atoms. The Morgan fingerprint density at radius 1 is 0.909 bits per heavy atom. The van der Waals surface area contributed by atoms with Gasteiger partial charge >= 0.3 is 0 Å². The molecule has 0 radical (unpaired) electrons. The van der Waals surface area contributed by atoms with Crippen molar-refractivity contribution in [3.05, 3.63) is 40.4 Å². The SMILES string of the molecule is O=C1CCCC(=O)N1N1C(=O)c2ccc(Br)c3cccc1c23. The molecule has 4 rings (SSSR count). The van der Waals surface area contributed by atoms with Crippen LogP contribution in [0.1, 0.15) is 29.6 Å². The highest BCUT2D eigenvalue weighted by molar-refractivity contribution is 9.10. The number of benzene rings is 2. The van der Waals surface area contributed by atoms with Crippen molar-refractivity contribution in [1.82, 2.24) is 5.01 Å². The standard InChI is InChI=1S/C16H11BrN2O3/c17-11-8-7-10-15-9(11)3-1-4-12(15)18(16(10)22)19-13(20)5-2-6-14(19)21/h1,3-4,7-8H,2,5-6H2. The minimum atomic E-state index is -0.331. The molecule has 0 atom stereocenters. The van der Waals surface area contributed by atoms with Crippen molar-refractivity contribution in [3.8, 4) is 0 Å². The summed E-state index contributed by atoms with van der Waals surface area (Å²) in [5, 5.41) is 3.90. The van der Waals surface area contributed by atoms with Crippen LogP contribution in [0.5, 0.6) is 0 Å². The van der Waals surface area contributed by atoms with Crippen molar-refractivity contribution < 1.29 is 14.4 Å². The first kappa shape index (κ1) is 13.5. The molecule has 0 aromatic heterocycles. The molecule has 0 spiro atoms. The molecule has 3 amide bonds. The molecule has 2 aliphatic heterocycles. The van der Waals surface area contributed by atoms with Crippen LogP contribution >= 0.6 is 15.9 Å². The third kappa shape index (κ3) is 1.67. The smallest absolute Gasteiger partial charge is 0.273 e. The predicted octanol–water partition coefficient (Wildman–Crippen LogP) is 3.02. The molecule has 2 aromatic rings. The summed E-state index contributed by atoms with van der Waals surface area (Å²) in [6.07, 6.45) is 1.11. The molecule has 1 fully saturated rings. The Morgan fingerprint density at radius 3 is 2.36 bits per heavy atom. The number of hydrazine groups is 1. The fourth-order valence-electron chi connectivity index (χ4n) is 3.09. The molecule has 0 unspecified atom stereocenters. The lowest BCUT2D eigenvalue weighted by atomic mass is 10.1. The van der Waals surface area contributed by atoms with Crippen molar-refractivity contribution in [1.29, 1.82) is 0 Å². The van der Waals surface area contributed by atoms with Crippen LogP contribution in [0.4, 0.5) is 5.69 Å². The van der Waals surface area contributed by atoms with Gasteiger partial charge in [0.2, 0.25) is 11.8 Å². The van der Waals surface area contributed by atoms with E-state index in [0.29, 0.717) is 17.7 Å². The van der Waals surface area contributed by atoms with E-state index in [1.54, 1.807) is 12.1 Å². The van der Waals surface area contributed by atoms with Gasteiger partial charge in [0.1, 0.15) is 0 Å². The molecule has 2 aromatic carbocycles. The van der Waals surface area contributed by atoms with Crippen molar-refractivity contribution in [3.63, 3.8) is 0 Å². The summed E-state index contributed by atoms with van der Waals surface area (Å²) in [7, 11) is 0. The topological polar surface area (TPSA) is 57.7 Å². The molecule has 1 saturated heterocycles. The summed E-state index contributed by atoms with van der Waals surface area (Å²) in [4.78, 5) is 37.1. The van der Waals surface area contributed by atoms with Gasteiger partial charge < -0.3 is 0 Å². The second kappa shape index (κ2) is 4.64. The third-order valence-corrected chi connectivity index (χ3v) is 4.76. The fraction of sp³-hybridized carbons (Fsp3) is 0.188. The highest BCUT2D eigenvalue weighted by atomic mass is 79.9. The molecule has 6 heteroatoms. The summed E-state index contributed by atoms with van der Waals surface area (Å²) in [5.74, 6) is -0.982. The van der Waals surface area contributed by atoms with Crippen LogP contribution in [0.25, 0.3) is 10.8 Å². The van der Waals surface area contributed by atoms with Gasteiger partial charge in [0, 0.05) is 22.7 Å². The van der Waals surface area contributed by atoms with Crippen molar-refractivity contribution >= 4 is 50.1 Å². The zero-order valence-electron chi connectivity index (χ0n) is 11.5. The van der Waals surface area contributed by atoms with Gasteiger partial charge in [-0.3, -0.25) is 14.4 Å². The lowest BCUT2D eigenvalue weighted by Crippen LogP contribution is -2.53. The van der Waals surface area contributed by atoms with Gasteiger partial charge in [-0.1, -0.05) is 28.1 Å². The van der Waals surface area contributed by atoms with Crippen LogP contribution in [0.2, 0.25) is 0 Å². The highest BCUT2D eigenvalue weighted by Gasteiger charge is 2.40. The second-order valence-electron chi connectivity index (χ2n) is 5.36. The first-order valence-electron chi connectivity index (χ1n) is 7.01. The Balaban J connectivity index is 1.95. The van der Waals surface area contributed by atoms with Crippen LogP contribution in [0.3, 0.4) is 0 Å². The monoisotopic (exact) mass is 358 g/mol. The van der Waals surface area contributed by atoms with E-state index in [4.69, 9.17) is 0 Å². The van der Waals surface area contributed by atoms with Gasteiger partial charge in [0.25, 0.3) is 5.91 Å². The van der Waals surface area contributed by atoms with Crippen molar-refractivity contribution in [2.75, 3.05) is 5.01 Å². The molecule has 0 bridgehead atoms. The number of rotatable bonds is 1. The predicted molar refractivity (Wildman–Crippen MR) is 84.2 cm³/mol. The van der Waals surface area contributed by atoms with E-state index >= 15 is 0 Å². The first-order valence-corrected chi connectivity index (χ1v) is 7.80. The summed E-state index contributed by atoms with van der Waals surface area (Å²) in [5.41, 5.74) is 1.10. The zero-order chi connectivity index (χ0) is 15.4. The number of hydrogen-bond donors (Lipinski definition) is 0. The summed E-state index contributed by atoms with van der Waals surface area (Å²) in [6, 6.07) is 9.01. The fourth-order valence-corrected chi connectivity index (χ4v) is 3.56. The average molecular weight is 359 g/mol. The molecule has 5 nitrogen and oxygen atoms in total. The number of nitrogens with zero attached hydrogens (tertiary/aromatic N) is 2. The molecule has 110 valence electrons. The maximum absolute atomic E-state index is 12.7.